The highest BCUT2D eigenvalue weighted by Gasteiger charge is 2.40. The first kappa shape index (κ1) is 21.5. The molecule has 2 heteroatoms. The second-order valence-electron chi connectivity index (χ2n) is 10.2. The van der Waals surface area contributed by atoms with Crippen LogP contribution in [0, 0.1) is 3.57 Å². The Hall–Kier alpha value is -2.33. The normalized spacial score (nSPS) is 20.9. The number of benzene rings is 3. The number of halogens is 1. The van der Waals surface area contributed by atoms with Gasteiger partial charge in [0.05, 0.1) is 0 Å². The molecule has 0 saturated carbocycles. The van der Waals surface area contributed by atoms with Gasteiger partial charge in [0.2, 0.25) is 0 Å². The van der Waals surface area contributed by atoms with E-state index >= 15 is 0 Å². The second-order valence-corrected chi connectivity index (χ2v) is 11.4. The Balaban J connectivity index is 1.59. The van der Waals surface area contributed by atoms with Gasteiger partial charge in [-0.1, -0.05) is 74.4 Å². The first-order valence-electron chi connectivity index (χ1n) is 11.3. The Morgan fingerprint density at radius 2 is 1.59 bits per heavy atom. The summed E-state index contributed by atoms with van der Waals surface area (Å²) < 4.78 is 1.29. The number of allylic oxidation sites excluding steroid dienone is 4. The molecule has 0 heterocycles. The zero-order valence-electron chi connectivity index (χ0n) is 19.5. The van der Waals surface area contributed by atoms with Crippen molar-refractivity contribution in [1.29, 1.82) is 0 Å². The van der Waals surface area contributed by atoms with Gasteiger partial charge in [0, 0.05) is 20.1 Å². The molecule has 0 fully saturated rings. The molecule has 0 amide bonds. The van der Waals surface area contributed by atoms with Crippen LogP contribution in [0.4, 0.5) is 5.69 Å². The van der Waals surface area contributed by atoms with Gasteiger partial charge in [0.1, 0.15) is 0 Å². The lowest BCUT2D eigenvalue weighted by Gasteiger charge is -2.28. The van der Waals surface area contributed by atoms with Crippen LogP contribution in [0.3, 0.4) is 0 Å². The maximum Gasteiger partial charge on any atom is 0.0317 e. The molecule has 2 N–H and O–H groups in total. The number of nitrogens with two attached hydrogens (primary N) is 1. The van der Waals surface area contributed by atoms with Crippen molar-refractivity contribution >= 4 is 33.9 Å². The van der Waals surface area contributed by atoms with Crippen LogP contribution in [-0.2, 0) is 10.8 Å². The van der Waals surface area contributed by atoms with Gasteiger partial charge in [-0.15, -0.1) is 0 Å². The van der Waals surface area contributed by atoms with Gasteiger partial charge in [-0.3, -0.25) is 0 Å². The maximum atomic E-state index is 6.14. The Morgan fingerprint density at radius 1 is 0.875 bits per heavy atom. The molecule has 3 aromatic carbocycles. The van der Waals surface area contributed by atoms with Crippen LogP contribution in [0.15, 0.2) is 77.9 Å². The first-order chi connectivity index (χ1) is 15.1. The molecule has 5 rings (SSSR count). The second kappa shape index (κ2) is 7.34. The number of anilines is 1. The van der Waals surface area contributed by atoms with Crippen LogP contribution in [0.25, 0.3) is 16.7 Å². The molecule has 1 unspecified atom stereocenters. The summed E-state index contributed by atoms with van der Waals surface area (Å²) in [6, 6.07) is 22.2. The number of nitrogen functional groups attached to an aromatic ring is 1. The zero-order chi connectivity index (χ0) is 22.8. The SMILES string of the molecule is CC1=C(/C=C(\C)CC2(C)c3ccccc3-c3cc(I)ccc32)c2ccc(N)cc2C1(C)C. The lowest BCUT2D eigenvalue weighted by atomic mass is 9.75. The van der Waals surface area contributed by atoms with Crippen LogP contribution in [-0.4, -0.2) is 0 Å². The minimum absolute atomic E-state index is 0.00394. The summed E-state index contributed by atoms with van der Waals surface area (Å²) in [5.41, 5.74) is 19.5. The lowest BCUT2D eigenvalue weighted by molar-refractivity contribution is 0.579. The summed E-state index contributed by atoms with van der Waals surface area (Å²) >= 11 is 2.42. The summed E-state index contributed by atoms with van der Waals surface area (Å²) in [7, 11) is 0. The highest BCUT2D eigenvalue weighted by molar-refractivity contribution is 14.1. The number of hydrogen-bond donors (Lipinski definition) is 1. The fourth-order valence-corrected chi connectivity index (χ4v) is 6.34. The molecule has 32 heavy (non-hydrogen) atoms. The summed E-state index contributed by atoms with van der Waals surface area (Å²) in [4.78, 5) is 0. The molecule has 0 radical (unpaired) electrons. The highest BCUT2D eigenvalue weighted by Crippen LogP contribution is 2.53. The van der Waals surface area contributed by atoms with E-state index in [1.54, 1.807) is 0 Å². The first-order valence-corrected chi connectivity index (χ1v) is 12.4. The summed E-state index contributed by atoms with van der Waals surface area (Å²) in [6.07, 6.45) is 3.43. The predicted octanol–water partition coefficient (Wildman–Crippen LogP) is 8.26. The molecule has 0 aromatic heterocycles. The fraction of sp³-hybridized carbons (Fsp3) is 0.267. The smallest absolute Gasteiger partial charge is 0.0317 e. The quantitative estimate of drug-likeness (QED) is 0.267. The predicted molar refractivity (Wildman–Crippen MR) is 146 cm³/mol. The van der Waals surface area contributed by atoms with Gasteiger partial charge in [-0.2, -0.15) is 0 Å². The summed E-state index contributed by atoms with van der Waals surface area (Å²) in [5, 5.41) is 0. The molecule has 2 aliphatic carbocycles. The van der Waals surface area contributed by atoms with E-state index in [-0.39, 0.29) is 10.8 Å². The van der Waals surface area contributed by atoms with E-state index in [4.69, 9.17) is 5.73 Å². The number of hydrogen-bond acceptors (Lipinski definition) is 1. The Bertz CT molecular complexity index is 1320. The van der Waals surface area contributed by atoms with Crippen molar-refractivity contribution in [2.45, 2.75) is 51.9 Å². The number of fused-ring (bicyclic) bond motifs is 4. The van der Waals surface area contributed by atoms with Crippen molar-refractivity contribution in [3.63, 3.8) is 0 Å². The van der Waals surface area contributed by atoms with Crippen molar-refractivity contribution in [3.05, 3.63) is 104 Å². The van der Waals surface area contributed by atoms with E-state index in [2.05, 4.69) is 118 Å². The van der Waals surface area contributed by atoms with Gasteiger partial charge in [0.25, 0.3) is 0 Å². The third-order valence-electron chi connectivity index (χ3n) is 7.76. The van der Waals surface area contributed by atoms with E-state index in [0.29, 0.717) is 0 Å². The Labute approximate surface area is 205 Å². The van der Waals surface area contributed by atoms with Crippen LogP contribution >= 0.6 is 22.6 Å². The molecule has 0 saturated heterocycles. The van der Waals surface area contributed by atoms with E-state index in [9.17, 15) is 0 Å². The molecule has 0 bridgehead atoms. The topological polar surface area (TPSA) is 26.0 Å². The van der Waals surface area contributed by atoms with Gasteiger partial charge in [0.15, 0.2) is 0 Å². The zero-order valence-corrected chi connectivity index (χ0v) is 21.7. The average Bonchev–Trinajstić information content (AvgIpc) is 3.09. The molecule has 0 aliphatic heterocycles. The minimum Gasteiger partial charge on any atom is -0.399 e. The van der Waals surface area contributed by atoms with Crippen molar-refractivity contribution in [2.75, 3.05) is 5.73 Å². The molecule has 1 atom stereocenters. The third kappa shape index (κ3) is 3.10. The van der Waals surface area contributed by atoms with Crippen LogP contribution < -0.4 is 5.73 Å². The number of rotatable bonds is 3. The minimum atomic E-state index is -0.0244. The van der Waals surface area contributed by atoms with E-state index in [1.165, 1.54) is 53.7 Å². The molecule has 1 nitrogen and oxygen atoms in total. The van der Waals surface area contributed by atoms with E-state index in [0.717, 1.165) is 12.1 Å². The standard InChI is InChI=1S/C30H30IN/c1-18(14-24-19(2)29(3,4)28-16-21(32)11-12-23(24)28)17-30(5)26-9-7-6-8-22(26)25-15-20(31)10-13-27(25)30/h6-16H,17,32H2,1-5H3/b18-14+. The average molecular weight is 531 g/mol. The van der Waals surface area contributed by atoms with Gasteiger partial charge < -0.3 is 5.73 Å². The van der Waals surface area contributed by atoms with Gasteiger partial charge >= 0.3 is 0 Å². The molecule has 162 valence electrons. The van der Waals surface area contributed by atoms with Crippen molar-refractivity contribution < 1.29 is 0 Å². The summed E-state index contributed by atoms with van der Waals surface area (Å²) in [6.45, 7) is 11.6. The Morgan fingerprint density at radius 3 is 2.38 bits per heavy atom. The van der Waals surface area contributed by atoms with Crippen molar-refractivity contribution in [3.8, 4) is 11.1 Å². The lowest BCUT2D eigenvalue weighted by Crippen LogP contribution is -2.21. The van der Waals surface area contributed by atoms with Crippen LogP contribution in [0.2, 0.25) is 0 Å². The van der Waals surface area contributed by atoms with Gasteiger partial charge in [-0.25, -0.2) is 0 Å². The highest BCUT2D eigenvalue weighted by atomic mass is 127. The molecule has 3 aromatic rings. The van der Waals surface area contributed by atoms with Crippen LogP contribution in [0.1, 0.15) is 63.3 Å². The molecule has 2 aliphatic rings. The third-order valence-corrected chi connectivity index (χ3v) is 8.43. The largest absolute Gasteiger partial charge is 0.399 e. The monoisotopic (exact) mass is 531 g/mol. The molecular weight excluding hydrogens is 501 g/mol. The van der Waals surface area contributed by atoms with E-state index < -0.39 is 0 Å². The molecular formula is C30H30IN. The Kier molecular flexibility index (Phi) is 4.94. The van der Waals surface area contributed by atoms with Crippen molar-refractivity contribution in [2.24, 2.45) is 0 Å². The summed E-state index contributed by atoms with van der Waals surface area (Å²) in [5.74, 6) is 0. The van der Waals surface area contributed by atoms with Crippen LogP contribution in [0.5, 0.6) is 0 Å². The molecule has 0 spiro atoms. The maximum absolute atomic E-state index is 6.14. The fourth-order valence-electron chi connectivity index (χ4n) is 5.85. The van der Waals surface area contributed by atoms with Gasteiger partial charge in [-0.05, 0) is 106 Å². The van der Waals surface area contributed by atoms with E-state index in [1.807, 2.05) is 6.07 Å². The van der Waals surface area contributed by atoms with Crippen molar-refractivity contribution in [1.82, 2.24) is 0 Å².